The van der Waals surface area contributed by atoms with Crippen LogP contribution in [-0.4, -0.2) is 47.6 Å². The van der Waals surface area contributed by atoms with Crippen molar-refractivity contribution < 1.29 is 17.6 Å². The summed E-state index contributed by atoms with van der Waals surface area (Å²) < 4.78 is 39.1. The van der Waals surface area contributed by atoms with Crippen LogP contribution in [0.3, 0.4) is 0 Å². The average molecular weight is 408 g/mol. The van der Waals surface area contributed by atoms with Crippen LogP contribution in [0.4, 0.5) is 4.39 Å². The van der Waals surface area contributed by atoms with Gasteiger partial charge in [-0.15, -0.1) is 0 Å². The molecule has 0 radical (unpaired) electrons. The smallest absolute Gasteiger partial charge is 0.222 e. The fourth-order valence-electron chi connectivity index (χ4n) is 3.71. The van der Waals surface area contributed by atoms with Gasteiger partial charge in [-0.1, -0.05) is 18.2 Å². The number of halogens is 1. The maximum absolute atomic E-state index is 13.7. The standard InChI is InChI=1S/C20H26FN3O3S/c1-14-18(15(2)24(22-14)17-10-11-28(26,27)13-17)12-23(3)20(25)9-8-16-6-4-5-7-19(16)21/h4-7,17H,8-13H2,1-3H3/t17-/m0/s1. The first-order chi connectivity index (χ1) is 13.2. The molecule has 1 aromatic carbocycles. The molecule has 0 unspecified atom stereocenters. The second kappa shape index (κ2) is 8.03. The van der Waals surface area contributed by atoms with Gasteiger partial charge in [0.25, 0.3) is 0 Å². The van der Waals surface area contributed by atoms with E-state index in [9.17, 15) is 17.6 Å². The first kappa shape index (κ1) is 20.5. The second-order valence-corrected chi connectivity index (χ2v) is 9.72. The molecule has 0 bridgehead atoms. The van der Waals surface area contributed by atoms with Crippen molar-refractivity contribution >= 4 is 15.7 Å². The number of carbonyl (C=O) groups is 1. The van der Waals surface area contributed by atoms with Gasteiger partial charge in [0.2, 0.25) is 5.91 Å². The van der Waals surface area contributed by atoms with E-state index in [0.29, 0.717) is 24.9 Å². The number of rotatable bonds is 6. The Hall–Kier alpha value is -2.22. The minimum absolute atomic E-state index is 0.0711. The van der Waals surface area contributed by atoms with Crippen molar-refractivity contribution in [1.29, 1.82) is 0 Å². The van der Waals surface area contributed by atoms with E-state index in [0.717, 1.165) is 17.0 Å². The molecule has 1 aliphatic rings. The van der Waals surface area contributed by atoms with E-state index in [-0.39, 0.29) is 35.7 Å². The Kier molecular flexibility index (Phi) is 5.88. The van der Waals surface area contributed by atoms with Crippen LogP contribution in [-0.2, 0) is 27.6 Å². The third-order valence-electron chi connectivity index (χ3n) is 5.42. The summed E-state index contributed by atoms with van der Waals surface area (Å²) in [5, 5.41) is 4.54. The molecule has 0 aliphatic carbocycles. The van der Waals surface area contributed by atoms with Crippen molar-refractivity contribution in [3.05, 3.63) is 52.6 Å². The van der Waals surface area contributed by atoms with E-state index < -0.39 is 9.84 Å². The predicted molar refractivity (Wildman–Crippen MR) is 105 cm³/mol. The van der Waals surface area contributed by atoms with Gasteiger partial charge in [-0.05, 0) is 38.3 Å². The first-order valence-corrected chi connectivity index (χ1v) is 11.2. The molecule has 28 heavy (non-hydrogen) atoms. The Morgan fingerprint density at radius 3 is 2.68 bits per heavy atom. The molecule has 6 nitrogen and oxygen atoms in total. The minimum Gasteiger partial charge on any atom is -0.341 e. The Morgan fingerprint density at radius 1 is 1.32 bits per heavy atom. The second-order valence-electron chi connectivity index (χ2n) is 7.49. The Balaban J connectivity index is 1.66. The first-order valence-electron chi connectivity index (χ1n) is 9.40. The van der Waals surface area contributed by atoms with E-state index >= 15 is 0 Å². The third-order valence-corrected chi connectivity index (χ3v) is 7.17. The highest BCUT2D eigenvalue weighted by atomic mass is 32.2. The highest BCUT2D eigenvalue weighted by Crippen LogP contribution is 2.27. The zero-order chi connectivity index (χ0) is 20.5. The molecule has 152 valence electrons. The lowest BCUT2D eigenvalue weighted by Crippen LogP contribution is -2.27. The van der Waals surface area contributed by atoms with Crippen molar-refractivity contribution in [1.82, 2.24) is 14.7 Å². The lowest BCUT2D eigenvalue weighted by Gasteiger charge is -2.18. The quantitative estimate of drug-likeness (QED) is 0.738. The van der Waals surface area contributed by atoms with Gasteiger partial charge < -0.3 is 4.90 Å². The average Bonchev–Trinajstić information content (AvgIpc) is 3.14. The van der Waals surface area contributed by atoms with Crippen molar-refractivity contribution in [2.24, 2.45) is 0 Å². The highest BCUT2D eigenvalue weighted by Gasteiger charge is 2.31. The molecule has 1 aromatic heterocycles. The summed E-state index contributed by atoms with van der Waals surface area (Å²) in [7, 11) is -1.27. The number of hydrogen-bond donors (Lipinski definition) is 0. The Labute approximate surface area is 165 Å². The molecule has 1 aliphatic heterocycles. The molecule has 2 heterocycles. The summed E-state index contributed by atoms with van der Waals surface area (Å²) in [5.74, 6) is -0.0540. The van der Waals surface area contributed by atoms with Crippen molar-refractivity contribution in [2.75, 3.05) is 18.6 Å². The number of benzene rings is 1. The molecule has 0 N–H and O–H groups in total. The predicted octanol–water partition coefficient (Wildman–Crippen LogP) is 2.59. The van der Waals surface area contributed by atoms with Crippen molar-refractivity contribution in [3.63, 3.8) is 0 Å². The lowest BCUT2D eigenvalue weighted by molar-refractivity contribution is -0.130. The number of sulfone groups is 1. The van der Waals surface area contributed by atoms with Crippen molar-refractivity contribution in [3.8, 4) is 0 Å². The van der Waals surface area contributed by atoms with Gasteiger partial charge in [0.05, 0.1) is 23.2 Å². The van der Waals surface area contributed by atoms with Gasteiger partial charge in [0.1, 0.15) is 5.82 Å². The molecular formula is C20H26FN3O3S. The van der Waals surface area contributed by atoms with Gasteiger partial charge in [-0.25, -0.2) is 12.8 Å². The number of aryl methyl sites for hydroxylation is 2. The van der Waals surface area contributed by atoms with Gasteiger partial charge in [-0.3, -0.25) is 9.48 Å². The van der Waals surface area contributed by atoms with Crippen LogP contribution in [0.5, 0.6) is 0 Å². The maximum Gasteiger partial charge on any atom is 0.222 e. The van der Waals surface area contributed by atoms with Gasteiger partial charge in [-0.2, -0.15) is 5.10 Å². The lowest BCUT2D eigenvalue weighted by atomic mass is 10.1. The summed E-state index contributed by atoms with van der Waals surface area (Å²) in [6.45, 7) is 4.19. The van der Waals surface area contributed by atoms with Crippen LogP contribution in [0.25, 0.3) is 0 Å². The molecule has 2 aromatic rings. The van der Waals surface area contributed by atoms with Gasteiger partial charge >= 0.3 is 0 Å². The number of hydrogen-bond acceptors (Lipinski definition) is 4. The number of carbonyl (C=O) groups excluding carboxylic acids is 1. The zero-order valence-electron chi connectivity index (χ0n) is 16.5. The SMILES string of the molecule is Cc1nn([C@H]2CCS(=O)(=O)C2)c(C)c1CN(C)C(=O)CCc1ccccc1F. The molecule has 1 atom stereocenters. The minimum atomic E-state index is -2.99. The van der Waals surface area contributed by atoms with Crippen LogP contribution in [0, 0.1) is 19.7 Å². The van der Waals surface area contributed by atoms with Crippen LogP contribution in [0.15, 0.2) is 24.3 Å². The van der Waals surface area contributed by atoms with E-state index in [1.165, 1.54) is 6.07 Å². The molecule has 1 amide bonds. The molecule has 1 fully saturated rings. The fourth-order valence-corrected chi connectivity index (χ4v) is 5.40. The topological polar surface area (TPSA) is 72.3 Å². The van der Waals surface area contributed by atoms with Crippen LogP contribution in [0.2, 0.25) is 0 Å². The van der Waals surface area contributed by atoms with Crippen LogP contribution in [0.1, 0.15) is 41.4 Å². The normalized spacial score (nSPS) is 18.4. The summed E-state index contributed by atoms with van der Waals surface area (Å²) in [5.41, 5.74) is 3.17. The van der Waals surface area contributed by atoms with E-state index in [2.05, 4.69) is 5.10 Å². The van der Waals surface area contributed by atoms with Gasteiger partial charge in [0.15, 0.2) is 9.84 Å². The van der Waals surface area contributed by atoms with E-state index in [4.69, 9.17) is 0 Å². The van der Waals surface area contributed by atoms with Gasteiger partial charge in [0, 0.05) is 31.3 Å². The van der Waals surface area contributed by atoms with Crippen LogP contribution >= 0.6 is 0 Å². The van der Waals surface area contributed by atoms with Crippen LogP contribution < -0.4 is 0 Å². The largest absolute Gasteiger partial charge is 0.341 e. The maximum atomic E-state index is 13.7. The Morgan fingerprint density at radius 2 is 2.04 bits per heavy atom. The molecule has 8 heteroatoms. The molecular weight excluding hydrogens is 381 g/mol. The number of nitrogens with zero attached hydrogens (tertiary/aromatic N) is 3. The fraction of sp³-hybridized carbons (Fsp3) is 0.500. The van der Waals surface area contributed by atoms with E-state index in [1.807, 2.05) is 13.8 Å². The number of aromatic nitrogens is 2. The third kappa shape index (κ3) is 4.43. The monoisotopic (exact) mass is 407 g/mol. The number of amides is 1. The van der Waals surface area contributed by atoms with E-state index in [1.54, 1.807) is 34.8 Å². The summed E-state index contributed by atoms with van der Waals surface area (Å²) in [6.07, 6.45) is 1.15. The molecule has 1 saturated heterocycles. The summed E-state index contributed by atoms with van der Waals surface area (Å²) >= 11 is 0. The Bertz CT molecular complexity index is 985. The zero-order valence-corrected chi connectivity index (χ0v) is 17.3. The summed E-state index contributed by atoms with van der Waals surface area (Å²) in [4.78, 5) is 14.1. The molecule has 0 saturated carbocycles. The molecule has 0 spiro atoms. The highest BCUT2D eigenvalue weighted by molar-refractivity contribution is 7.91. The molecule has 3 rings (SSSR count). The van der Waals surface area contributed by atoms with Crippen molar-refractivity contribution in [2.45, 2.75) is 45.7 Å². The summed E-state index contributed by atoms with van der Waals surface area (Å²) in [6, 6.07) is 6.34.